The minimum Gasteiger partial charge on any atom is -0.352 e. The van der Waals surface area contributed by atoms with Gasteiger partial charge in [0, 0.05) is 29.7 Å². The fraction of sp³-hybridized carbons (Fsp3) is 0.333. The fourth-order valence-electron chi connectivity index (χ4n) is 2.32. The highest BCUT2D eigenvalue weighted by atomic mass is 32.2. The lowest BCUT2D eigenvalue weighted by Gasteiger charge is -2.09. The number of aryl methyl sites for hydroxylation is 2. The average molecular weight is 412 g/mol. The highest BCUT2D eigenvalue weighted by Crippen LogP contribution is 2.16. The van der Waals surface area contributed by atoms with E-state index in [1.165, 1.54) is 12.1 Å². The van der Waals surface area contributed by atoms with Gasteiger partial charge in [0.05, 0.1) is 5.01 Å². The smallest absolute Gasteiger partial charge is 0.251 e. The van der Waals surface area contributed by atoms with E-state index in [4.69, 9.17) is 0 Å². The van der Waals surface area contributed by atoms with Gasteiger partial charge < -0.3 is 5.32 Å². The van der Waals surface area contributed by atoms with Gasteiger partial charge in [0.1, 0.15) is 10.7 Å². The molecule has 2 aromatic rings. The number of halogens is 1. The predicted octanol–water partition coefficient (Wildman–Crippen LogP) is 2.81. The predicted molar refractivity (Wildman–Crippen MR) is 104 cm³/mol. The Hall–Kier alpha value is -2.10. The first-order valence-electron chi connectivity index (χ1n) is 8.43. The topological polar surface area (TPSA) is 88.2 Å². The lowest BCUT2D eigenvalue weighted by molar-refractivity contribution is 0.0952. The number of carbonyl (C=O) groups excluding carboxylic acids is 1. The number of aromatic nitrogens is 1. The molecule has 1 heterocycles. The highest BCUT2D eigenvalue weighted by molar-refractivity contribution is 7.89. The van der Waals surface area contributed by atoms with Crippen LogP contribution in [-0.4, -0.2) is 32.4 Å². The van der Waals surface area contributed by atoms with E-state index in [1.54, 1.807) is 11.3 Å². The van der Waals surface area contributed by atoms with Gasteiger partial charge in [-0.1, -0.05) is 6.08 Å². The minimum atomic E-state index is -4.05. The monoisotopic (exact) mass is 411 g/mol. The van der Waals surface area contributed by atoms with Crippen LogP contribution in [0.25, 0.3) is 0 Å². The number of nitrogens with one attached hydrogen (secondary N) is 2. The van der Waals surface area contributed by atoms with Crippen LogP contribution >= 0.6 is 11.3 Å². The molecule has 0 aliphatic rings. The van der Waals surface area contributed by atoms with Crippen LogP contribution in [0.2, 0.25) is 0 Å². The van der Waals surface area contributed by atoms with Crippen molar-refractivity contribution < 1.29 is 17.6 Å². The molecule has 0 saturated heterocycles. The van der Waals surface area contributed by atoms with Crippen molar-refractivity contribution in [3.63, 3.8) is 0 Å². The zero-order valence-corrected chi connectivity index (χ0v) is 16.6. The number of benzene rings is 1. The fourth-order valence-corrected chi connectivity index (χ4v) is 4.24. The molecule has 1 aromatic carbocycles. The summed E-state index contributed by atoms with van der Waals surface area (Å²) in [7, 11) is -4.05. The molecule has 0 spiro atoms. The number of carbonyl (C=O) groups is 1. The first-order valence-corrected chi connectivity index (χ1v) is 10.8. The number of nitrogens with zero attached hydrogens (tertiary/aromatic N) is 1. The molecule has 146 valence electrons. The van der Waals surface area contributed by atoms with Gasteiger partial charge in [0.25, 0.3) is 5.91 Å². The van der Waals surface area contributed by atoms with Crippen molar-refractivity contribution in [3.8, 4) is 0 Å². The van der Waals surface area contributed by atoms with E-state index >= 15 is 0 Å². The van der Waals surface area contributed by atoms with Crippen molar-refractivity contribution in [2.75, 3.05) is 13.1 Å². The van der Waals surface area contributed by atoms with Gasteiger partial charge in [-0.15, -0.1) is 17.9 Å². The maximum absolute atomic E-state index is 13.9. The summed E-state index contributed by atoms with van der Waals surface area (Å²) in [4.78, 5) is 16.0. The van der Waals surface area contributed by atoms with Crippen molar-refractivity contribution in [3.05, 3.63) is 58.3 Å². The Bertz CT molecular complexity index is 910. The number of hydrogen-bond acceptors (Lipinski definition) is 5. The van der Waals surface area contributed by atoms with E-state index in [2.05, 4.69) is 21.6 Å². The molecule has 0 atom stereocenters. The molecule has 0 aliphatic heterocycles. The molecule has 1 aromatic heterocycles. The second-order valence-electron chi connectivity index (χ2n) is 5.88. The van der Waals surface area contributed by atoms with Crippen molar-refractivity contribution in [1.82, 2.24) is 15.0 Å². The quantitative estimate of drug-likeness (QED) is 0.465. The molecule has 0 bridgehead atoms. The summed E-state index contributed by atoms with van der Waals surface area (Å²) < 4.78 is 40.2. The molecule has 0 aliphatic carbocycles. The summed E-state index contributed by atoms with van der Waals surface area (Å²) in [6.45, 7) is 5.77. The molecule has 2 rings (SSSR count). The normalized spacial score (nSPS) is 11.3. The Balaban J connectivity index is 1.90. The van der Waals surface area contributed by atoms with E-state index < -0.39 is 26.6 Å². The van der Waals surface area contributed by atoms with Crippen molar-refractivity contribution >= 4 is 27.3 Å². The van der Waals surface area contributed by atoms with Crippen LogP contribution < -0.4 is 10.0 Å². The second-order valence-corrected chi connectivity index (χ2v) is 8.56. The number of rotatable bonds is 10. The van der Waals surface area contributed by atoms with Crippen molar-refractivity contribution in [2.24, 2.45) is 0 Å². The van der Waals surface area contributed by atoms with E-state index in [-0.39, 0.29) is 12.1 Å². The summed E-state index contributed by atoms with van der Waals surface area (Å²) in [6.07, 6.45) is 3.83. The van der Waals surface area contributed by atoms with E-state index in [0.717, 1.165) is 42.1 Å². The standard InChI is InChI=1S/C18H22FN3O3S2/c1-3-9-21-27(24,25)16-11-14(7-8-15(16)19)18(23)20-10-5-4-6-17-22-13(2)12-26-17/h3,7-8,11-12,21H,1,4-6,9-10H2,2H3,(H,20,23). The van der Waals surface area contributed by atoms with Gasteiger partial charge in [0.2, 0.25) is 10.0 Å². The van der Waals surface area contributed by atoms with Gasteiger partial charge in [0.15, 0.2) is 0 Å². The molecule has 9 heteroatoms. The average Bonchev–Trinajstić information content (AvgIpc) is 3.05. The SMILES string of the molecule is C=CCNS(=O)(=O)c1cc(C(=O)NCCCCc2nc(C)cs2)ccc1F. The number of sulfonamides is 1. The lowest BCUT2D eigenvalue weighted by atomic mass is 10.2. The van der Waals surface area contributed by atoms with Gasteiger partial charge in [-0.25, -0.2) is 22.5 Å². The minimum absolute atomic E-state index is 0.0309. The molecule has 0 fully saturated rings. The molecule has 0 saturated carbocycles. The van der Waals surface area contributed by atoms with E-state index in [9.17, 15) is 17.6 Å². The third kappa shape index (κ3) is 6.23. The summed E-state index contributed by atoms with van der Waals surface area (Å²) in [5.41, 5.74) is 1.10. The molecule has 27 heavy (non-hydrogen) atoms. The van der Waals surface area contributed by atoms with Gasteiger partial charge >= 0.3 is 0 Å². The maximum atomic E-state index is 13.9. The first kappa shape index (κ1) is 21.2. The van der Waals surface area contributed by atoms with Crippen LogP contribution in [0.4, 0.5) is 4.39 Å². The Morgan fingerprint density at radius 1 is 1.37 bits per heavy atom. The zero-order valence-electron chi connectivity index (χ0n) is 15.0. The Labute approximate surface area is 162 Å². The molecular formula is C18H22FN3O3S2. The second kappa shape index (κ2) is 9.72. The maximum Gasteiger partial charge on any atom is 0.251 e. The molecular weight excluding hydrogens is 389 g/mol. The summed E-state index contributed by atoms with van der Waals surface area (Å²) >= 11 is 1.62. The van der Waals surface area contributed by atoms with Crippen LogP contribution in [0.15, 0.2) is 41.1 Å². The molecule has 2 N–H and O–H groups in total. The third-order valence-electron chi connectivity index (χ3n) is 3.67. The van der Waals surface area contributed by atoms with Gasteiger partial charge in [-0.3, -0.25) is 4.79 Å². The molecule has 6 nitrogen and oxygen atoms in total. The number of hydrogen-bond donors (Lipinski definition) is 2. The van der Waals surface area contributed by atoms with Crippen LogP contribution in [0, 0.1) is 12.7 Å². The lowest BCUT2D eigenvalue weighted by Crippen LogP contribution is -2.27. The summed E-state index contributed by atoms with van der Waals surface area (Å²) in [5, 5.41) is 5.79. The number of unbranched alkanes of at least 4 members (excludes halogenated alkanes) is 1. The van der Waals surface area contributed by atoms with Gasteiger partial charge in [-0.2, -0.15) is 0 Å². The Morgan fingerprint density at radius 2 is 2.15 bits per heavy atom. The van der Waals surface area contributed by atoms with E-state index in [1.807, 2.05) is 12.3 Å². The van der Waals surface area contributed by atoms with Crippen molar-refractivity contribution in [1.29, 1.82) is 0 Å². The van der Waals surface area contributed by atoms with Crippen LogP contribution in [0.3, 0.4) is 0 Å². The van der Waals surface area contributed by atoms with Crippen molar-refractivity contribution in [2.45, 2.75) is 31.1 Å². The van der Waals surface area contributed by atoms with Gasteiger partial charge in [-0.05, 0) is 44.4 Å². The van der Waals surface area contributed by atoms with Crippen LogP contribution in [0.1, 0.15) is 33.9 Å². The third-order valence-corrected chi connectivity index (χ3v) is 6.14. The first-order chi connectivity index (χ1) is 12.8. The molecule has 1 amide bonds. The Morgan fingerprint density at radius 3 is 2.81 bits per heavy atom. The summed E-state index contributed by atoms with van der Waals surface area (Å²) in [5.74, 6) is -1.36. The highest BCUT2D eigenvalue weighted by Gasteiger charge is 2.20. The van der Waals surface area contributed by atoms with Crippen LogP contribution in [-0.2, 0) is 16.4 Å². The zero-order chi connectivity index (χ0) is 19.9. The molecule has 0 radical (unpaired) electrons. The number of amides is 1. The Kier molecular flexibility index (Phi) is 7.64. The van der Waals surface area contributed by atoms with Crippen LogP contribution in [0.5, 0.6) is 0 Å². The molecule has 0 unspecified atom stereocenters. The van der Waals surface area contributed by atoms with E-state index in [0.29, 0.717) is 6.54 Å². The largest absolute Gasteiger partial charge is 0.352 e. The summed E-state index contributed by atoms with van der Waals surface area (Å²) in [6, 6.07) is 3.27. The number of thiazole rings is 1.